The van der Waals surface area contributed by atoms with E-state index in [1.165, 1.54) is 39.0 Å². The molecule has 0 spiro atoms. The van der Waals surface area contributed by atoms with E-state index in [9.17, 15) is 14.0 Å². The summed E-state index contributed by atoms with van der Waals surface area (Å²) in [4.78, 5) is 31.5. The van der Waals surface area contributed by atoms with Crippen LogP contribution in [0.4, 0.5) is 9.52 Å². The fourth-order valence-electron chi connectivity index (χ4n) is 3.02. The van der Waals surface area contributed by atoms with Crippen molar-refractivity contribution in [3.05, 3.63) is 105 Å². The van der Waals surface area contributed by atoms with E-state index in [4.69, 9.17) is 11.6 Å². The molecule has 4 aromatic rings. The van der Waals surface area contributed by atoms with Crippen molar-refractivity contribution < 1.29 is 9.18 Å². The third kappa shape index (κ3) is 4.57. The molecular weight excluding hydrogens is 437 g/mol. The first-order chi connectivity index (χ1) is 14.9. The van der Waals surface area contributed by atoms with Gasteiger partial charge in [0.1, 0.15) is 5.82 Å². The fourth-order valence-corrected chi connectivity index (χ4v) is 4.07. The number of hydrogen-bond acceptors (Lipinski definition) is 4. The number of aromatic nitrogens is 2. The first-order valence-corrected chi connectivity index (χ1v) is 10.6. The van der Waals surface area contributed by atoms with Crippen LogP contribution in [0.2, 0.25) is 5.02 Å². The maximum absolute atomic E-state index is 13.3. The van der Waals surface area contributed by atoms with E-state index in [2.05, 4.69) is 4.98 Å². The number of carbonyl (C=O) groups is 1. The van der Waals surface area contributed by atoms with E-state index in [-0.39, 0.29) is 29.4 Å². The normalized spacial score (nSPS) is 10.8. The first-order valence-electron chi connectivity index (χ1n) is 9.36. The minimum absolute atomic E-state index is 0.170. The fraction of sp³-hybridized carbons (Fsp3) is 0.0870. The molecule has 0 unspecified atom stereocenters. The van der Waals surface area contributed by atoms with Crippen molar-refractivity contribution in [2.75, 3.05) is 4.90 Å². The summed E-state index contributed by atoms with van der Waals surface area (Å²) in [5, 5.41) is 2.83. The van der Waals surface area contributed by atoms with E-state index in [1.54, 1.807) is 37.5 Å². The van der Waals surface area contributed by atoms with Crippen molar-refractivity contribution in [3.8, 4) is 11.3 Å². The van der Waals surface area contributed by atoms with Crippen LogP contribution in [0.15, 0.2) is 77.0 Å². The number of hydrogen-bond donors (Lipinski definition) is 0. The molecule has 0 radical (unpaired) electrons. The van der Waals surface area contributed by atoms with Crippen LogP contribution < -0.4 is 10.5 Å². The van der Waals surface area contributed by atoms with Crippen LogP contribution >= 0.6 is 22.9 Å². The molecular formula is C23H17ClFN3O2S. The SMILES string of the molecule is Cn1ccc(C(=O)N(Cc2ccc(F)cc2)c2nc(-c3ccccc3Cl)cs2)cc1=O. The largest absolute Gasteiger partial charge is 0.319 e. The number of rotatable bonds is 5. The Kier molecular flexibility index (Phi) is 5.97. The second-order valence-electron chi connectivity index (χ2n) is 6.88. The van der Waals surface area contributed by atoms with Crippen LogP contribution in [0.3, 0.4) is 0 Å². The average molecular weight is 454 g/mol. The standard InChI is InChI=1S/C23H17ClFN3O2S/c1-27-11-10-16(12-21(27)29)22(30)28(13-15-6-8-17(25)9-7-15)23-26-20(14-31-23)18-4-2-3-5-19(18)24/h2-12,14H,13H2,1H3. The van der Waals surface area contributed by atoms with Gasteiger partial charge in [0.15, 0.2) is 5.13 Å². The number of carbonyl (C=O) groups excluding carboxylic acids is 1. The Hall–Kier alpha value is -3.29. The van der Waals surface area contributed by atoms with Crippen molar-refractivity contribution >= 4 is 34.0 Å². The number of amides is 1. The number of halogens is 2. The van der Waals surface area contributed by atoms with Gasteiger partial charge in [-0.1, -0.05) is 41.9 Å². The molecule has 0 bridgehead atoms. The van der Waals surface area contributed by atoms with Gasteiger partial charge in [-0.2, -0.15) is 0 Å². The van der Waals surface area contributed by atoms with Gasteiger partial charge >= 0.3 is 0 Å². The lowest BCUT2D eigenvalue weighted by molar-refractivity contribution is 0.0985. The Labute approximate surface area is 187 Å². The summed E-state index contributed by atoms with van der Waals surface area (Å²) in [7, 11) is 1.61. The molecule has 4 rings (SSSR count). The molecule has 0 fully saturated rings. The van der Waals surface area contributed by atoms with Gasteiger partial charge in [0.2, 0.25) is 0 Å². The highest BCUT2D eigenvalue weighted by molar-refractivity contribution is 7.14. The molecule has 0 aliphatic carbocycles. The van der Waals surface area contributed by atoms with Gasteiger partial charge < -0.3 is 4.57 Å². The molecule has 0 saturated carbocycles. The Balaban J connectivity index is 1.74. The van der Waals surface area contributed by atoms with Crippen LogP contribution in [-0.4, -0.2) is 15.5 Å². The lowest BCUT2D eigenvalue weighted by Gasteiger charge is -2.20. The monoisotopic (exact) mass is 453 g/mol. The number of anilines is 1. The summed E-state index contributed by atoms with van der Waals surface area (Å²) >= 11 is 7.59. The van der Waals surface area contributed by atoms with Crippen molar-refractivity contribution in [1.82, 2.24) is 9.55 Å². The summed E-state index contributed by atoms with van der Waals surface area (Å²) in [6.45, 7) is 0.170. The summed E-state index contributed by atoms with van der Waals surface area (Å²) in [5.41, 5.74) is 2.09. The number of nitrogens with zero attached hydrogens (tertiary/aromatic N) is 3. The summed E-state index contributed by atoms with van der Waals surface area (Å²) in [5.74, 6) is -0.731. The predicted molar refractivity (Wildman–Crippen MR) is 121 cm³/mol. The third-order valence-corrected chi connectivity index (χ3v) is 5.92. The van der Waals surface area contributed by atoms with Crippen molar-refractivity contribution in [3.63, 3.8) is 0 Å². The molecule has 0 N–H and O–H groups in total. The van der Waals surface area contributed by atoms with Gasteiger partial charge in [0.05, 0.1) is 12.2 Å². The minimum Gasteiger partial charge on any atom is -0.319 e. The molecule has 2 aromatic heterocycles. The highest BCUT2D eigenvalue weighted by Gasteiger charge is 2.22. The first kappa shape index (κ1) is 21.0. The smallest absolute Gasteiger partial charge is 0.260 e. The van der Waals surface area contributed by atoms with Crippen LogP contribution in [0.5, 0.6) is 0 Å². The zero-order chi connectivity index (χ0) is 22.0. The molecule has 0 saturated heterocycles. The maximum atomic E-state index is 13.3. The lowest BCUT2D eigenvalue weighted by atomic mass is 10.1. The van der Waals surface area contributed by atoms with E-state index in [0.29, 0.717) is 15.8 Å². The van der Waals surface area contributed by atoms with Crippen LogP contribution in [-0.2, 0) is 13.6 Å². The van der Waals surface area contributed by atoms with Gasteiger partial charge in [0, 0.05) is 40.8 Å². The molecule has 2 heterocycles. The Morgan fingerprint density at radius 1 is 1.16 bits per heavy atom. The number of benzene rings is 2. The summed E-state index contributed by atoms with van der Waals surface area (Å²) < 4.78 is 14.7. The molecule has 0 atom stereocenters. The van der Waals surface area contributed by atoms with Gasteiger partial charge in [-0.3, -0.25) is 14.5 Å². The average Bonchev–Trinajstić information content (AvgIpc) is 3.25. The molecule has 1 amide bonds. The van der Waals surface area contributed by atoms with Gasteiger partial charge in [0.25, 0.3) is 11.5 Å². The van der Waals surface area contributed by atoms with Crippen molar-refractivity contribution in [2.24, 2.45) is 7.05 Å². The quantitative estimate of drug-likeness (QED) is 0.420. The minimum atomic E-state index is -0.373. The maximum Gasteiger partial charge on any atom is 0.260 e. The summed E-state index contributed by atoms with van der Waals surface area (Å²) in [6.07, 6.45) is 1.54. The number of thiazole rings is 1. The Morgan fingerprint density at radius 2 is 1.90 bits per heavy atom. The molecule has 0 aliphatic heterocycles. The van der Waals surface area contributed by atoms with Crippen LogP contribution in [0, 0.1) is 5.82 Å². The topological polar surface area (TPSA) is 55.2 Å². The van der Waals surface area contributed by atoms with Crippen LogP contribution in [0.1, 0.15) is 15.9 Å². The highest BCUT2D eigenvalue weighted by Crippen LogP contribution is 2.33. The molecule has 2 aromatic carbocycles. The second kappa shape index (κ2) is 8.83. The lowest BCUT2D eigenvalue weighted by Crippen LogP contribution is -2.31. The Morgan fingerprint density at radius 3 is 2.61 bits per heavy atom. The molecule has 156 valence electrons. The van der Waals surface area contributed by atoms with Gasteiger partial charge in [-0.05, 0) is 29.8 Å². The predicted octanol–water partition coefficient (Wildman–Crippen LogP) is 5.15. The van der Waals surface area contributed by atoms with E-state index in [1.807, 2.05) is 23.6 Å². The van der Waals surface area contributed by atoms with E-state index in [0.717, 1.165) is 11.1 Å². The van der Waals surface area contributed by atoms with Gasteiger partial charge in [-0.25, -0.2) is 9.37 Å². The van der Waals surface area contributed by atoms with Crippen LogP contribution in [0.25, 0.3) is 11.3 Å². The van der Waals surface area contributed by atoms with Gasteiger partial charge in [-0.15, -0.1) is 11.3 Å². The number of pyridine rings is 1. The van der Waals surface area contributed by atoms with E-state index < -0.39 is 0 Å². The second-order valence-corrected chi connectivity index (χ2v) is 8.12. The molecule has 8 heteroatoms. The van der Waals surface area contributed by atoms with Crippen molar-refractivity contribution in [1.29, 1.82) is 0 Å². The summed E-state index contributed by atoms with van der Waals surface area (Å²) in [6, 6.07) is 16.1. The zero-order valence-electron chi connectivity index (χ0n) is 16.5. The zero-order valence-corrected chi connectivity index (χ0v) is 18.0. The van der Waals surface area contributed by atoms with E-state index >= 15 is 0 Å². The highest BCUT2D eigenvalue weighted by atomic mass is 35.5. The molecule has 5 nitrogen and oxygen atoms in total. The molecule has 0 aliphatic rings. The molecule has 31 heavy (non-hydrogen) atoms. The number of aryl methyl sites for hydroxylation is 1. The van der Waals surface area contributed by atoms with Crippen molar-refractivity contribution in [2.45, 2.75) is 6.54 Å². The third-order valence-electron chi connectivity index (χ3n) is 4.72. The Bertz CT molecular complexity index is 1300.